The molecule has 2 N–H and O–H groups in total. The van der Waals surface area contributed by atoms with Crippen LogP contribution in [-0.2, 0) is 6.54 Å². The largest absolute Gasteiger partial charge is 0.369 e. The normalized spacial score (nSPS) is 11.1. The lowest BCUT2D eigenvalue weighted by Crippen LogP contribution is -2.00. The average molecular weight is 214 g/mol. The van der Waals surface area contributed by atoms with Gasteiger partial charge in [-0.1, -0.05) is 11.6 Å². The van der Waals surface area contributed by atoms with Crippen molar-refractivity contribution in [3.8, 4) is 0 Å². The van der Waals surface area contributed by atoms with Crippen molar-refractivity contribution in [1.29, 1.82) is 0 Å². The molecule has 0 aliphatic carbocycles. The van der Waals surface area contributed by atoms with E-state index in [1.165, 1.54) is 6.07 Å². The Morgan fingerprint density at radius 3 is 2.93 bits per heavy atom. The summed E-state index contributed by atoms with van der Waals surface area (Å²) >= 11 is 5.67. The zero-order valence-electron chi connectivity index (χ0n) is 7.59. The number of imidazole rings is 1. The second-order valence-electron chi connectivity index (χ2n) is 2.97. The highest BCUT2D eigenvalue weighted by atomic mass is 35.5. The highest BCUT2D eigenvalue weighted by Gasteiger charge is 2.10. The predicted molar refractivity (Wildman–Crippen MR) is 54.8 cm³/mol. The molecule has 5 heteroatoms. The first kappa shape index (κ1) is 9.27. The third kappa shape index (κ3) is 1.23. The quantitative estimate of drug-likeness (QED) is 0.791. The highest BCUT2D eigenvalue weighted by molar-refractivity contribution is 6.31. The van der Waals surface area contributed by atoms with Crippen LogP contribution < -0.4 is 5.73 Å². The van der Waals surface area contributed by atoms with Crippen LogP contribution in [0.4, 0.5) is 10.3 Å². The number of rotatable bonds is 1. The van der Waals surface area contributed by atoms with Crippen LogP contribution in [0.15, 0.2) is 12.1 Å². The average Bonchev–Trinajstić information content (AvgIpc) is 2.42. The second-order valence-corrected chi connectivity index (χ2v) is 3.38. The predicted octanol–water partition coefficient (Wildman–Crippen LogP) is 2.43. The fraction of sp³-hybridized carbons (Fsp3) is 0.222. The molecule has 74 valence electrons. The SMILES string of the molecule is CCn1c(N)nc2cc(F)c(Cl)cc21. The minimum atomic E-state index is -0.472. The van der Waals surface area contributed by atoms with Crippen molar-refractivity contribution in [2.24, 2.45) is 0 Å². The summed E-state index contributed by atoms with van der Waals surface area (Å²) in [7, 11) is 0. The Morgan fingerprint density at radius 2 is 2.29 bits per heavy atom. The molecule has 3 nitrogen and oxygen atoms in total. The molecular weight excluding hydrogens is 205 g/mol. The van der Waals surface area contributed by atoms with Crippen LogP contribution in [0.3, 0.4) is 0 Å². The summed E-state index contributed by atoms with van der Waals surface area (Å²) in [6.07, 6.45) is 0. The summed E-state index contributed by atoms with van der Waals surface area (Å²) < 4.78 is 14.8. The monoisotopic (exact) mass is 213 g/mol. The van der Waals surface area contributed by atoms with Gasteiger partial charge in [0.25, 0.3) is 0 Å². The zero-order valence-corrected chi connectivity index (χ0v) is 8.35. The Labute approximate surface area is 85.3 Å². The Morgan fingerprint density at radius 1 is 1.57 bits per heavy atom. The first-order chi connectivity index (χ1) is 6.63. The van der Waals surface area contributed by atoms with Gasteiger partial charge in [0.15, 0.2) is 0 Å². The van der Waals surface area contributed by atoms with Gasteiger partial charge in [-0.25, -0.2) is 9.37 Å². The van der Waals surface area contributed by atoms with Gasteiger partial charge in [-0.2, -0.15) is 0 Å². The molecule has 2 aromatic rings. The van der Waals surface area contributed by atoms with E-state index in [1.54, 1.807) is 10.6 Å². The molecule has 14 heavy (non-hydrogen) atoms. The van der Waals surface area contributed by atoms with Gasteiger partial charge in [0.05, 0.1) is 16.1 Å². The summed E-state index contributed by atoms with van der Waals surface area (Å²) in [5.74, 6) is -0.0934. The lowest BCUT2D eigenvalue weighted by Gasteiger charge is -2.01. The second kappa shape index (κ2) is 3.13. The maximum absolute atomic E-state index is 13.1. The van der Waals surface area contributed by atoms with Crippen LogP contribution in [0, 0.1) is 5.82 Å². The van der Waals surface area contributed by atoms with Gasteiger partial charge in [0, 0.05) is 12.6 Å². The molecular formula is C9H9ClFN3. The lowest BCUT2D eigenvalue weighted by atomic mass is 10.3. The molecule has 0 amide bonds. The van der Waals surface area contributed by atoms with Crippen LogP contribution in [-0.4, -0.2) is 9.55 Å². The van der Waals surface area contributed by atoms with Gasteiger partial charge in [0.2, 0.25) is 5.95 Å². The van der Waals surface area contributed by atoms with E-state index in [-0.39, 0.29) is 5.02 Å². The smallest absolute Gasteiger partial charge is 0.201 e. The van der Waals surface area contributed by atoms with Gasteiger partial charge in [0.1, 0.15) is 5.82 Å². The van der Waals surface area contributed by atoms with Crippen molar-refractivity contribution in [2.75, 3.05) is 5.73 Å². The van der Waals surface area contributed by atoms with Crippen LogP contribution in [0.25, 0.3) is 11.0 Å². The van der Waals surface area contributed by atoms with E-state index in [0.29, 0.717) is 18.0 Å². The first-order valence-corrected chi connectivity index (χ1v) is 4.62. The van der Waals surface area contributed by atoms with Crippen LogP contribution >= 0.6 is 11.6 Å². The Hall–Kier alpha value is -1.29. The Bertz CT molecular complexity index is 492. The van der Waals surface area contributed by atoms with Gasteiger partial charge in [-0.3, -0.25) is 0 Å². The zero-order chi connectivity index (χ0) is 10.3. The molecule has 0 aliphatic rings. The van der Waals surface area contributed by atoms with Crippen molar-refractivity contribution in [3.05, 3.63) is 23.0 Å². The minimum absolute atomic E-state index is 0.0899. The molecule has 2 rings (SSSR count). The van der Waals surface area contributed by atoms with Gasteiger partial charge >= 0.3 is 0 Å². The third-order valence-electron chi connectivity index (χ3n) is 2.14. The fourth-order valence-corrected chi connectivity index (χ4v) is 1.63. The maximum atomic E-state index is 13.1. The van der Waals surface area contributed by atoms with E-state index in [9.17, 15) is 4.39 Å². The number of aromatic nitrogens is 2. The number of halogens is 2. The molecule has 0 saturated carbocycles. The van der Waals surface area contributed by atoms with Crippen molar-refractivity contribution in [1.82, 2.24) is 9.55 Å². The summed E-state index contributed by atoms with van der Waals surface area (Å²) in [4.78, 5) is 4.03. The molecule has 0 fully saturated rings. The number of nitrogen functional groups attached to an aromatic ring is 1. The standard InChI is InChI=1S/C9H9ClFN3/c1-2-14-8-3-5(10)6(11)4-7(8)13-9(14)12/h3-4H,2H2,1H3,(H2,12,13). The molecule has 0 spiro atoms. The maximum Gasteiger partial charge on any atom is 0.201 e. The highest BCUT2D eigenvalue weighted by Crippen LogP contribution is 2.24. The summed E-state index contributed by atoms with van der Waals surface area (Å²) in [5.41, 5.74) is 6.94. The molecule has 0 aliphatic heterocycles. The number of aryl methyl sites for hydroxylation is 1. The molecule has 0 bridgehead atoms. The van der Waals surface area contributed by atoms with Gasteiger partial charge in [-0.15, -0.1) is 0 Å². The van der Waals surface area contributed by atoms with Crippen molar-refractivity contribution in [3.63, 3.8) is 0 Å². The van der Waals surface area contributed by atoms with Gasteiger partial charge in [-0.05, 0) is 13.0 Å². The third-order valence-corrected chi connectivity index (χ3v) is 2.43. The Balaban J connectivity index is 2.82. The van der Waals surface area contributed by atoms with E-state index in [1.807, 2.05) is 6.92 Å². The summed E-state index contributed by atoms with van der Waals surface area (Å²) in [6, 6.07) is 2.83. The van der Waals surface area contributed by atoms with E-state index < -0.39 is 5.82 Å². The van der Waals surface area contributed by atoms with Gasteiger partial charge < -0.3 is 10.3 Å². The van der Waals surface area contributed by atoms with Crippen LogP contribution in [0.2, 0.25) is 5.02 Å². The first-order valence-electron chi connectivity index (χ1n) is 4.24. The fourth-order valence-electron chi connectivity index (χ4n) is 1.47. The number of hydrogen-bond acceptors (Lipinski definition) is 2. The molecule has 0 radical (unpaired) electrons. The van der Waals surface area contributed by atoms with E-state index in [2.05, 4.69) is 4.98 Å². The number of nitrogens with two attached hydrogens (primary N) is 1. The van der Waals surface area contributed by atoms with Crippen LogP contribution in [0.1, 0.15) is 6.92 Å². The number of benzene rings is 1. The molecule has 1 aromatic heterocycles. The van der Waals surface area contributed by atoms with Crippen molar-refractivity contribution >= 4 is 28.6 Å². The molecule has 1 heterocycles. The van der Waals surface area contributed by atoms with Crippen molar-refractivity contribution < 1.29 is 4.39 Å². The number of nitrogens with zero attached hydrogens (tertiary/aromatic N) is 2. The minimum Gasteiger partial charge on any atom is -0.369 e. The molecule has 0 atom stereocenters. The van der Waals surface area contributed by atoms with E-state index in [0.717, 1.165) is 5.52 Å². The lowest BCUT2D eigenvalue weighted by molar-refractivity contribution is 0.629. The van der Waals surface area contributed by atoms with Crippen molar-refractivity contribution in [2.45, 2.75) is 13.5 Å². The summed E-state index contributed by atoms with van der Waals surface area (Å²) in [5, 5.41) is 0.0899. The topological polar surface area (TPSA) is 43.8 Å². The molecule has 0 unspecified atom stereocenters. The molecule has 0 saturated heterocycles. The van der Waals surface area contributed by atoms with E-state index >= 15 is 0 Å². The summed E-state index contributed by atoms with van der Waals surface area (Å²) in [6.45, 7) is 2.62. The van der Waals surface area contributed by atoms with Crippen LogP contribution in [0.5, 0.6) is 0 Å². The number of anilines is 1. The Kier molecular flexibility index (Phi) is 2.07. The number of hydrogen-bond donors (Lipinski definition) is 1. The number of fused-ring (bicyclic) bond motifs is 1. The molecule has 1 aromatic carbocycles. The van der Waals surface area contributed by atoms with E-state index in [4.69, 9.17) is 17.3 Å².